The zero-order chi connectivity index (χ0) is 27.5. The lowest BCUT2D eigenvalue weighted by Crippen LogP contribution is -2.40. The largest absolute Gasteiger partial charge is 0.493 e. The Kier molecular flexibility index (Phi) is 7.80. The molecule has 2 aromatic heterocycles. The van der Waals surface area contributed by atoms with Crippen molar-refractivity contribution in [3.63, 3.8) is 0 Å². The molecule has 4 atom stereocenters. The molecule has 3 aromatic rings. The summed E-state index contributed by atoms with van der Waals surface area (Å²) < 4.78 is 17.8. The molecule has 13 heteroatoms. The van der Waals surface area contributed by atoms with Crippen molar-refractivity contribution >= 4 is 23.1 Å². The van der Waals surface area contributed by atoms with Gasteiger partial charge in [-0.1, -0.05) is 18.1 Å². The Morgan fingerprint density at radius 1 is 1.18 bits per heavy atom. The van der Waals surface area contributed by atoms with Crippen LogP contribution in [0.15, 0.2) is 30.6 Å². The lowest BCUT2D eigenvalue weighted by atomic mass is 9.94. The SMILES string of the molecule is COc1ccccc1OC(=O)N1CCC(CC#Cc2nc(N)c3ncn(C4OC(CO)[C@H](O)[C@@H]4O)c3n2)CC1. The quantitative estimate of drug-likeness (QED) is 0.336. The van der Waals surface area contributed by atoms with Crippen molar-refractivity contribution in [1.29, 1.82) is 0 Å². The van der Waals surface area contributed by atoms with E-state index in [1.54, 1.807) is 23.1 Å². The van der Waals surface area contributed by atoms with Gasteiger partial charge in [0.2, 0.25) is 5.82 Å². The van der Waals surface area contributed by atoms with Crippen molar-refractivity contribution in [3.05, 3.63) is 36.4 Å². The second-order valence-electron chi connectivity index (χ2n) is 9.44. The minimum absolute atomic E-state index is 0.122. The number of ether oxygens (including phenoxy) is 3. The number of aliphatic hydroxyl groups excluding tert-OH is 3. The first-order valence-electron chi connectivity index (χ1n) is 12.6. The van der Waals surface area contributed by atoms with E-state index in [0.29, 0.717) is 48.1 Å². The monoisotopic (exact) mass is 538 g/mol. The first kappa shape index (κ1) is 26.6. The molecule has 0 spiro atoms. The highest BCUT2D eigenvalue weighted by Gasteiger charge is 2.44. The third-order valence-electron chi connectivity index (χ3n) is 6.97. The molecule has 0 aliphatic carbocycles. The fourth-order valence-electron chi connectivity index (χ4n) is 4.75. The van der Waals surface area contributed by atoms with Crippen LogP contribution in [0.2, 0.25) is 0 Å². The van der Waals surface area contributed by atoms with E-state index in [1.165, 1.54) is 18.0 Å². The number of aliphatic hydroxyl groups is 3. The van der Waals surface area contributed by atoms with Gasteiger partial charge in [0.15, 0.2) is 29.2 Å². The van der Waals surface area contributed by atoms with Crippen molar-refractivity contribution in [2.24, 2.45) is 5.92 Å². The van der Waals surface area contributed by atoms with Crippen molar-refractivity contribution in [1.82, 2.24) is 24.4 Å². The highest BCUT2D eigenvalue weighted by molar-refractivity contribution is 5.82. The molecule has 5 rings (SSSR count). The van der Waals surface area contributed by atoms with Crippen molar-refractivity contribution < 1.29 is 34.3 Å². The van der Waals surface area contributed by atoms with Gasteiger partial charge in [-0.2, -0.15) is 0 Å². The van der Waals surface area contributed by atoms with E-state index in [9.17, 15) is 20.1 Å². The number of benzene rings is 1. The summed E-state index contributed by atoms with van der Waals surface area (Å²) in [6.45, 7) is 0.662. The molecule has 206 valence electrons. The topological polar surface area (TPSA) is 178 Å². The maximum atomic E-state index is 12.6. The number of nitrogen functional groups attached to an aromatic ring is 1. The summed E-state index contributed by atoms with van der Waals surface area (Å²) in [7, 11) is 1.53. The average Bonchev–Trinajstić information content (AvgIpc) is 3.49. The van der Waals surface area contributed by atoms with E-state index < -0.39 is 37.2 Å². The summed E-state index contributed by atoms with van der Waals surface area (Å²) in [5, 5.41) is 29.9. The summed E-state index contributed by atoms with van der Waals surface area (Å²) in [6, 6.07) is 7.01. The van der Waals surface area contributed by atoms with Gasteiger partial charge in [-0.15, -0.1) is 0 Å². The van der Waals surface area contributed by atoms with Crippen LogP contribution in [0.5, 0.6) is 11.5 Å². The van der Waals surface area contributed by atoms with Crippen molar-refractivity contribution in [2.75, 3.05) is 32.5 Å². The molecule has 39 heavy (non-hydrogen) atoms. The smallest absolute Gasteiger partial charge is 0.415 e. The molecule has 1 aromatic carbocycles. The molecule has 0 bridgehead atoms. The number of imidazole rings is 1. The number of hydrogen-bond acceptors (Lipinski definition) is 11. The third-order valence-corrected chi connectivity index (χ3v) is 6.97. The van der Waals surface area contributed by atoms with Gasteiger partial charge < -0.3 is 40.2 Å². The highest BCUT2D eigenvalue weighted by Crippen LogP contribution is 2.32. The molecule has 4 heterocycles. The summed E-state index contributed by atoms with van der Waals surface area (Å²) in [5.74, 6) is 7.54. The fraction of sp³-hybridized carbons (Fsp3) is 0.462. The van der Waals surface area contributed by atoms with Gasteiger partial charge in [0.25, 0.3) is 0 Å². The Balaban J connectivity index is 1.20. The van der Waals surface area contributed by atoms with Crippen LogP contribution in [0.4, 0.5) is 10.6 Å². The normalized spacial score (nSPS) is 23.4. The summed E-state index contributed by atoms with van der Waals surface area (Å²) in [4.78, 5) is 27.1. The zero-order valence-corrected chi connectivity index (χ0v) is 21.3. The van der Waals surface area contributed by atoms with Crippen LogP contribution in [0, 0.1) is 17.8 Å². The lowest BCUT2D eigenvalue weighted by Gasteiger charge is -2.30. The number of nitrogens with two attached hydrogens (primary N) is 1. The number of anilines is 1. The summed E-state index contributed by atoms with van der Waals surface area (Å²) >= 11 is 0. The van der Waals surface area contributed by atoms with Gasteiger partial charge in [0, 0.05) is 19.5 Å². The maximum Gasteiger partial charge on any atom is 0.415 e. The predicted molar refractivity (Wildman–Crippen MR) is 138 cm³/mol. The number of methoxy groups -OCH3 is 1. The Hall–Kier alpha value is -3.96. The van der Waals surface area contributed by atoms with Gasteiger partial charge in [-0.05, 0) is 36.8 Å². The first-order chi connectivity index (χ1) is 18.9. The van der Waals surface area contributed by atoms with E-state index >= 15 is 0 Å². The predicted octanol–water partition coefficient (Wildman–Crippen LogP) is 0.681. The molecule has 2 aliphatic heterocycles. The number of nitrogens with zero attached hydrogens (tertiary/aromatic N) is 5. The van der Waals surface area contributed by atoms with Crippen LogP contribution in [0.25, 0.3) is 11.2 Å². The molecule has 2 unspecified atom stereocenters. The number of fused-ring (bicyclic) bond motifs is 1. The lowest BCUT2D eigenvalue weighted by molar-refractivity contribution is -0.0511. The van der Waals surface area contributed by atoms with Crippen LogP contribution in [-0.2, 0) is 4.74 Å². The number of hydrogen-bond donors (Lipinski definition) is 4. The molecule has 5 N–H and O–H groups in total. The number of piperidine rings is 1. The highest BCUT2D eigenvalue weighted by atomic mass is 16.6. The number of carbonyl (C=O) groups is 1. The van der Waals surface area contributed by atoms with Crippen LogP contribution in [0.1, 0.15) is 31.3 Å². The molecule has 0 radical (unpaired) electrons. The zero-order valence-electron chi connectivity index (χ0n) is 21.3. The van der Waals surface area contributed by atoms with Crippen LogP contribution in [-0.4, -0.2) is 90.9 Å². The second kappa shape index (κ2) is 11.4. The Morgan fingerprint density at radius 2 is 1.92 bits per heavy atom. The number of amides is 1. The van der Waals surface area contributed by atoms with Crippen molar-refractivity contribution in [2.45, 2.75) is 43.8 Å². The molecular formula is C26H30N6O7. The summed E-state index contributed by atoms with van der Waals surface area (Å²) in [5.41, 5.74) is 6.68. The molecular weight excluding hydrogens is 508 g/mol. The second-order valence-corrected chi connectivity index (χ2v) is 9.44. The number of carbonyl (C=O) groups excluding carboxylic acids is 1. The minimum Gasteiger partial charge on any atom is -0.493 e. The van der Waals surface area contributed by atoms with E-state index in [2.05, 4.69) is 26.8 Å². The van der Waals surface area contributed by atoms with E-state index in [4.69, 9.17) is 19.9 Å². The number of para-hydroxylation sites is 2. The first-order valence-corrected chi connectivity index (χ1v) is 12.6. The Bertz CT molecular complexity index is 1390. The molecule has 13 nitrogen and oxygen atoms in total. The minimum atomic E-state index is -1.29. The number of aromatic nitrogens is 4. The van der Waals surface area contributed by atoms with E-state index in [0.717, 1.165) is 12.8 Å². The Morgan fingerprint density at radius 3 is 2.62 bits per heavy atom. The number of rotatable bonds is 5. The van der Waals surface area contributed by atoms with E-state index in [1.807, 2.05) is 6.07 Å². The third kappa shape index (κ3) is 5.45. The maximum absolute atomic E-state index is 12.6. The molecule has 2 saturated heterocycles. The Labute approximate surface area is 224 Å². The van der Waals surface area contributed by atoms with Crippen LogP contribution >= 0.6 is 0 Å². The van der Waals surface area contributed by atoms with Crippen LogP contribution < -0.4 is 15.2 Å². The number of likely N-dealkylation sites (tertiary alicyclic amines) is 1. The standard InChI is InChI=1S/C26H30N6O7/c1-37-16-6-2-3-7-17(16)39-26(36)31-11-9-15(10-12-31)5-4-8-19-29-23(27)20-24(30-19)32(14-28-20)25-22(35)21(34)18(13-33)38-25/h2-3,6-7,14-15,18,21-22,25,33-35H,5,9-13H2,1H3,(H2,27,29,30)/t18?,21-,22-,25?/m0/s1. The molecule has 2 fully saturated rings. The molecule has 0 saturated carbocycles. The van der Waals surface area contributed by atoms with E-state index in [-0.39, 0.29) is 11.6 Å². The van der Waals surface area contributed by atoms with Crippen LogP contribution in [0.3, 0.4) is 0 Å². The average molecular weight is 539 g/mol. The van der Waals surface area contributed by atoms with Gasteiger partial charge in [-0.3, -0.25) is 4.57 Å². The molecule has 1 amide bonds. The van der Waals surface area contributed by atoms with Gasteiger partial charge >= 0.3 is 6.09 Å². The molecule has 2 aliphatic rings. The van der Waals surface area contributed by atoms with Gasteiger partial charge in [0.05, 0.1) is 20.0 Å². The van der Waals surface area contributed by atoms with Crippen molar-refractivity contribution in [3.8, 4) is 23.3 Å². The van der Waals surface area contributed by atoms with Gasteiger partial charge in [0.1, 0.15) is 23.8 Å². The van der Waals surface area contributed by atoms with Gasteiger partial charge in [-0.25, -0.2) is 19.7 Å². The summed E-state index contributed by atoms with van der Waals surface area (Å²) in [6.07, 6.45) is -1.37. The fourth-order valence-corrected chi connectivity index (χ4v) is 4.75.